The van der Waals surface area contributed by atoms with Crippen LogP contribution in [0.2, 0.25) is 0 Å². The summed E-state index contributed by atoms with van der Waals surface area (Å²) in [5.74, 6) is 0.939. The summed E-state index contributed by atoms with van der Waals surface area (Å²) in [6.07, 6.45) is 3.89. The van der Waals surface area contributed by atoms with Crippen LogP contribution >= 0.6 is 11.8 Å². The van der Waals surface area contributed by atoms with Gasteiger partial charge in [-0.3, -0.25) is 4.79 Å². The van der Waals surface area contributed by atoms with Gasteiger partial charge in [-0.1, -0.05) is 0 Å². The van der Waals surface area contributed by atoms with Gasteiger partial charge in [-0.2, -0.15) is 0 Å². The van der Waals surface area contributed by atoms with E-state index in [0.717, 1.165) is 30.2 Å². The van der Waals surface area contributed by atoms with Gasteiger partial charge in [0.1, 0.15) is 11.1 Å². The van der Waals surface area contributed by atoms with Gasteiger partial charge in [-0.25, -0.2) is 0 Å². The minimum atomic E-state index is -0.0885. The third-order valence-electron chi connectivity index (χ3n) is 3.11. The van der Waals surface area contributed by atoms with Crippen LogP contribution in [0.25, 0.3) is 0 Å². The fourth-order valence-electron chi connectivity index (χ4n) is 2.17. The predicted molar refractivity (Wildman–Crippen MR) is 72.9 cm³/mol. The minimum absolute atomic E-state index is 0.0885. The van der Waals surface area contributed by atoms with Gasteiger partial charge in [-0.05, 0) is 31.2 Å². The zero-order chi connectivity index (χ0) is 13.1. The van der Waals surface area contributed by atoms with E-state index in [1.165, 1.54) is 0 Å². The van der Waals surface area contributed by atoms with Crippen molar-refractivity contribution in [1.82, 2.24) is 15.1 Å². The first kappa shape index (κ1) is 13.1. The number of hydrogen-bond donors (Lipinski definition) is 0. The molecule has 0 aliphatic carbocycles. The zero-order valence-corrected chi connectivity index (χ0v) is 11.8. The lowest BCUT2D eigenvalue weighted by molar-refractivity contribution is -0.129. The Bertz CT molecular complexity index is 421. The molecule has 1 aromatic rings. The Morgan fingerprint density at radius 2 is 2.22 bits per heavy atom. The normalized spacial score (nSPS) is 19.1. The summed E-state index contributed by atoms with van der Waals surface area (Å²) in [5, 5.41) is 9.23. The highest BCUT2D eigenvalue weighted by Gasteiger charge is 2.32. The molecule has 2 rings (SSSR count). The van der Waals surface area contributed by atoms with E-state index in [4.69, 9.17) is 0 Å². The van der Waals surface area contributed by atoms with Gasteiger partial charge in [0.15, 0.2) is 5.82 Å². The van der Waals surface area contributed by atoms with Gasteiger partial charge < -0.3 is 9.80 Å². The molecule has 0 aromatic carbocycles. The summed E-state index contributed by atoms with van der Waals surface area (Å²) in [4.78, 5) is 15.8. The Balaban J connectivity index is 2.17. The molecular weight excluding hydrogens is 248 g/mol. The second-order valence-corrected chi connectivity index (χ2v) is 5.34. The number of anilines is 1. The molecule has 1 amide bonds. The van der Waals surface area contributed by atoms with E-state index in [2.05, 4.69) is 15.1 Å². The molecule has 0 saturated carbocycles. The van der Waals surface area contributed by atoms with E-state index < -0.39 is 0 Å². The van der Waals surface area contributed by atoms with E-state index in [0.29, 0.717) is 0 Å². The first-order valence-corrected chi connectivity index (χ1v) is 7.21. The van der Waals surface area contributed by atoms with Gasteiger partial charge in [0, 0.05) is 20.6 Å². The standard InChI is InChI=1S/C12H18N4OS/c1-15(2)12(17)9-5-4-8-16(9)10-6-7-11(18-3)14-13-10/h6-7,9H,4-5,8H2,1-3H3. The van der Waals surface area contributed by atoms with Gasteiger partial charge in [0.05, 0.1) is 0 Å². The maximum Gasteiger partial charge on any atom is 0.244 e. The average Bonchev–Trinajstić information content (AvgIpc) is 2.87. The lowest BCUT2D eigenvalue weighted by Crippen LogP contribution is -2.43. The molecular formula is C12H18N4OS. The molecule has 2 heterocycles. The molecule has 1 unspecified atom stereocenters. The molecule has 5 nitrogen and oxygen atoms in total. The third-order valence-corrected chi connectivity index (χ3v) is 3.74. The number of aromatic nitrogens is 2. The number of rotatable bonds is 3. The second kappa shape index (κ2) is 5.56. The van der Waals surface area contributed by atoms with Crippen molar-refractivity contribution in [1.29, 1.82) is 0 Å². The van der Waals surface area contributed by atoms with Crippen molar-refractivity contribution in [3.63, 3.8) is 0 Å². The van der Waals surface area contributed by atoms with Crippen molar-refractivity contribution in [2.24, 2.45) is 0 Å². The molecule has 0 N–H and O–H groups in total. The largest absolute Gasteiger partial charge is 0.347 e. The first-order valence-electron chi connectivity index (χ1n) is 5.99. The van der Waals surface area contributed by atoms with Crippen LogP contribution in [0.5, 0.6) is 0 Å². The van der Waals surface area contributed by atoms with Crippen molar-refractivity contribution >= 4 is 23.5 Å². The molecule has 1 aromatic heterocycles. The van der Waals surface area contributed by atoms with Crippen LogP contribution in [0.15, 0.2) is 17.2 Å². The van der Waals surface area contributed by atoms with Crippen LogP contribution in [0.1, 0.15) is 12.8 Å². The summed E-state index contributed by atoms with van der Waals surface area (Å²) in [7, 11) is 3.59. The fourth-order valence-corrected chi connectivity index (χ4v) is 2.50. The summed E-state index contributed by atoms with van der Waals surface area (Å²) >= 11 is 1.56. The highest BCUT2D eigenvalue weighted by molar-refractivity contribution is 7.98. The van der Waals surface area contributed by atoms with Gasteiger partial charge in [-0.15, -0.1) is 22.0 Å². The highest BCUT2D eigenvalue weighted by Crippen LogP contribution is 2.25. The van der Waals surface area contributed by atoms with Crippen molar-refractivity contribution in [3.8, 4) is 0 Å². The molecule has 1 aliphatic heterocycles. The van der Waals surface area contributed by atoms with E-state index in [-0.39, 0.29) is 11.9 Å². The van der Waals surface area contributed by atoms with Crippen LogP contribution in [0.3, 0.4) is 0 Å². The Kier molecular flexibility index (Phi) is 4.06. The Hall–Kier alpha value is -1.30. The zero-order valence-electron chi connectivity index (χ0n) is 11.0. The second-order valence-electron chi connectivity index (χ2n) is 4.52. The molecule has 18 heavy (non-hydrogen) atoms. The van der Waals surface area contributed by atoms with Crippen molar-refractivity contribution in [3.05, 3.63) is 12.1 Å². The summed E-state index contributed by atoms with van der Waals surface area (Å²) in [6.45, 7) is 0.873. The molecule has 0 spiro atoms. The SMILES string of the molecule is CSc1ccc(N2CCCC2C(=O)N(C)C)nn1. The van der Waals surface area contributed by atoms with E-state index in [1.807, 2.05) is 18.4 Å². The van der Waals surface area contributed by atoms with Crippen molar-refractivity contribution < 1.29 is 4.79 Å². The van der Waals surface area contributed by atoms with Crippen LogP contribution in [0, 0.1) is 0 Å². The van der Waals surface area contributed by atoms with Crippen molar-refractivity contribution in [2.75, 3.05) is 31.8 Å². The molecule has 98 valence electrons. The van der Waals surface area contributed by atoms with Gasteiger partial charge in [0.25, 0.3) is 0 Å². The lowest BCUT2D eigenvalue weighted by Gasteiger charge is -2.26. The highest BCUT2D eigenvalue weighted by atomic mass is 32.2. The van der Waals surface area contributed by atoms with E-state index in [1.54, 1.807) is 30.8 Å². The summed E-state index contributed by atoms with van der Waals surface area (Å²) in [6, 6.07) is 3.80. The number of carbonyl (C=O) groups excluding carboxylic acids is 1. The monoisotopic (exact) mass is 266 g/mol. The molecule has 1 aliphatic rings. The number of amides is 1. The quantitative estimate of drug-likeness (QED) is 0.771. The van der Waals surface area contributed by atoms with Crippen molar-refractivity contribution in [2.45, 2.75) is 23.9 Å². The summed E-state index contributed by atoms with van der Waals surface area (Å²) in [5.41, 5.74) is 0. The fraction of sp³-hybridized carbons (Fsp3) is 0.583. The first-order chi connectivity index (χ1) is 8.63. The predicted octanol–water partition coefficient (Wildman–Crippen LogP) is 1.26. The Labute approximate surface area is 112 Å². The lowest BCUT2D eigenvalue weighted by atomic mass is 10.2. The Morgan fingerprint density at radius 1 is 1.44 bits per heavy atom. The maximum absolute atomic E-state index is 12.1. The number of nitrogens with zero attached hydrogens (tertiary/aromatic N) is 4. The maximum atomic E-state index is 12.1. The molecule has 0 bridgehead atoms. The number of carbonyl (C=O) groups is 1. The van der Waals surface area contributed by atoms with E-state index in [9.17, 15) is 4.79 Å². The number of thioether (sulfide) groups is 1. The van der Waals surface area contributed by atoms with Gasteiger partial charge in [0.2, 0.25) is 5.91 Å². The summed E-state index contributed by atoms with van der Waals surface area (Å²) < 4.78 is 0. The van der Waals surface area contributed by atoms with Gasteiger partial charge >= 0.3 is 0 Å². The van der Waals surface area contributed by atoms with Crippen LogP contribution in [-0.4, -0.2) is 53.9 Å². The average molecular weight is 266 g/mol. The van der Waals surface area contributed by atoms with Crippen LogP contribution in [0.4, 0.5) is 5.82 Å². The molecule has 1 saturated heterocycles. The third kappa shape index (κ3) is 2.58. The smallest absolute Gasteiger partial charge is 0.244 e. The van der Waals surface area contributed by atoms with Crippen LogP contribution < -0.4 is 4.90 Å². The molecule has 1 atom stereocenters. The van der Waals surface area contributed by atoms with E-state index >= 15 is 0 Å². The molecule has 1 fully saturated rings. The number of hydrogen-bond acceptors (Lipinski definition) is 5. The Morgan fingerprint density at radius 3 is 2.78 bits per heavy atom. The molecule has 6 heteroatoms. The number of likely N-dealkylation sites (N-methyl/N-ethyl adjacent to an activating group) is 1. The molecule has 0 radical (unpaired) electrons. The minimum Gasteiger partial charge on any atom is -0.347 e. The van der Waals surface area contributed by atoms with Crippen LogP contribution in [-0.2, 0) is 4.79 Å². The topological polar surface area (TPSA) is 49.3 Å².